The van der Waals surface area contributed by atoms with Gasteiger partial charge in [-0.15, -0.1) is 0 Å². The fourth-order valence-corrected chi connectivity index (χ4v) is 3.38. The Bertz CT molecular complexity index is 478. The van der Waals surface area contributed by atoms with Crippen molar-refractivity contribution in [2.45, 2.75) is 76.0 Å². The van der Waals surface area contributed by atoms with E-state index in [1.807, 2.05) is 0 Å². The van der Waals surface area contributed by atoms with Crippen molar-refractivity contribution in [2.75, 3.05) is 6.61 Å². The molecule has 3 nitrogen and oxygen atoms in total. The standard InChI is InChI=1S/C18H30O3S.2Ca.4H/c1-2-3-4-5-6-7-8-9-10-14-17-21-22(19,20)18-15-12-11-13-16-18;;;;;;/h11-13,15-16H,2-10,14,17H2,1H3;;;;;;. The van der Waals surface area contributed by atoms with Crippen molar-refractivity contribution >= 4 is 85.6 Å². The fraction of sp³-hybridized carbons (Fsp3) is 0.667. The van der Waals surface area contributed by atoms with Crippen molar-refractivity contribution < 1.29 is 12.6 Å². The molecule has 24 heavy (non-hydrogen) atoms. The average molecular weight is 411 g/mol. The first-order valence-corrected chi connectivity index (χ1v) is 10.0. The van der Waals surface area contributed by atoms with Crippen LogP contribution >= 0.6 is 0 Å². The summed E-state index contributed by atoms with van der Waals surface area (Å²) < 4.78 is 28.8. The molecule has 1 aromatic carbocycles. The maximum atomic E-state index is 11.9. The first kappa shape index (κ1) is 27.9. The molecule has 1 rings (SSSR count). The van der Waals surface area contributed by atoms with Crippen LogP contribution in [0.1, 0.15) is 71.1 Å². The van der Waals surface area contributed by atoms with Crippen molar-refractivity contribution in [3.63, 3.8) is 0 Å². The normalized spacial score (nSPS) is 10.7. The van der Waals surface area contributed by atoms with E-state index < -0.39 is 10.1 Å². The zero-order valence-electron chi connectivity index (χ0n) is 13.8. The summed E-state index contributed by atoms with van der Waals surface area (Å²) in [7, 11) is -3.57. The molecule has 0 fully saturated rings. The molecule has 0 spiro atoms. The number of rotatable bonds is 13. The molecule has 0 heterocycles. The van der Waals surface area contributed by atoms with Crippen LogP contribution in [0.3, 0.4) is 0 Å². The van der Waals surface area contributed by atoms with E-state index in [9.17, 15) is 8.42 Å². The minimum atomic E-state index is -3.57. The maximum absolute atomic E-state index is 11.9. The molecule has 0 N–H and O–H groups in total. The fourth-order valence-electron chi connectivity index (χ4n) is 2.41. The molecule has 0 atom stereocenters. The molecule has 0 aliphatic carbocycles. The third kappa shape index (κ3) is 13.8. The second kappa shape index (κ2) is 18.0. The summed E-state index contributed by atoms with van der Waals surface area (Å²) in [6.07, 6.45) is 12.3. The first-order valence-electron chi connectivity index (χ1n) is 8.61. The van der Waals surface area contributed by atoms with Gasteiger partial charge in [0.25, 0.3) is 10.1 Å². The van der Waals surface area contributed by atoms with Gasteiger partial charge in [0.15, 0.2) is 0 Å². The van der Waals surface area contributed by atoms with E-state index in [2.05, 4.69) is 6.92 Å². The Morgan fingerprint density at radius 3 is 1.71 bits per heavy atom. The van der Waals surface area contributed by atoms with E-state index in [0.717, 1.165) is 12.8 Å². The number of unbranched alkanes of at least 4 members (excludes halogenated alkanes) is 9. The summed E-state index contributed by atoms with van der Waals surface area (Å²) in [5, 5.41) is 0. The second-order valence-corrected chi connectivity index (χ2v) is 7.39. The van der Waals surface area contributed by atoms with Gasteiger partial charge in [-0.05, 0) is 18.6 Å². The van der Waals surface area contributed by atoms with Crippen molar-refractivity contribution in [3.8, 4) is 0 Å². The van der Waals surface area contributed by atoms with E-state index in [1.165, 1.54) is 51.4 Å². The van der Waals surface area contributed by atoms with Crippen LogP contribution in [-0.4, -0.2) is 90.5 Å². The van der Waals surface area contributed by atoms with Gasteiger partial charge < -0.3 is 0 Å². The molecule has 0 amide bonds. The molecule has 0 saturated carbocycles. The zero-order chi connectivity index (χ0) is 16.1. The van der Waals surface area contributed by atoms with Crippen molar-refractivity contribution in [1.82, 2.24) is 0 Å². The Balaban J connectivity index is 0. The van der Waals surface area contributed by atoms with E-state index >= 15 is 0 Å². The molecule has 1 aromatic rings. The Morgan fingerprint density at radius 2 is 1.21 bits per heavy atom. The summed E-state index contributed by atoms with van der Waals surface area (Å²) in [6.45, 7) is 2.52. The van der Waals surface area contributed by atoms with Crippen LogP contribution in [-0.2, 0) is 14.3 Å². The SMILES string of the molecule is CCCCCCCCCCCCOS(=O)(=O)c1ccccc1.[CaH2].[CaH2]. The molecular formula is C18H34Ca2O3S. The Labute approximate surface area is 208 Å². The van der Waals surface area contributed by atoms with Gasteiger partial charge in [0.1, 0.15) is 0 Å². The van der Waals surface area contributed by atoms with E-state index in [1.54, 1.807) is 30.3 Å². The van der Waals surface area contributed by atoms with Gasteiger partial charge in [0.05, 0.1) is 11.5 Å². The summed E-state index contributed by atoms with van der Waals surface area (Å²) in [6, 6.07) is 8.33. The third-order valence-corrected chi connectivity index (χ3v) is 5.09. The molecule has 6 heteroatoms. The number of benzene rings is 1. The number of hydrogen-bond acceptors (Lipinski definition) is 3. The molecule has 0 radical (unpaired) electrons. The third-order valence-electron chi connectivity index (χ3n) is 3.77. The quantitative estimate of drug-likeness (QED) is 0.284. The molecule has 134 valence electrons. The minimum absolute atomic E-state index is 0. The van der Waals surface area contributed by atoms with Crippen LogP contribution in [0.5, 0.6) is 0 Å². The topological polar surface area (TPSA) is 43.4 Å². The average Bonchev–Trinajstić information content (AvgIpc) is 2.53. The first-order chi connectivity index (χ1) is 10.7. The zero-order valence-corrected chi connectivity index (χ0v) is 14.6. The Morgan fingerprint density at radius 1 is 0.750 bits per heavy atom. The van der Waals surface area contributed by atoms with Crippen LogP contribution < -0.4 is 0 Å². The van der Waals surface area contributed by atoms with Crippen molar-refractivity contribution in [3.05, 3.63) is 30.3 Å². The summed E-state index contributed by atoms with van der Waals surface area (Å²) >= 11 is 0. The van der Waals surface area contributed by atoms with E-state index in [0.29, 0.717) is 0 Å². The van der Waals surface area contributed by atoms with Crippen LogP contribution in [0, 0.1) is 0 Å². The van der Waals surface area contributed by atoms with E-state index in [4.69, 9.17) is 4.18 Å². The van der Waals surface area contributed by atoms with Gasteiger partial charge in [-0.1, -0.05) is 82.9 Å². The summed E-state index contributed by atoms with van der Waals surface area (Å²) in [5.41, 5.74) is 0. The van der Waals surface area contributed by atoms with Gasteiger partial charge >= 0.3 is 75.5 Å². The molecule has 0 saturated heterocycles. The number of hydrogen-bond donors (Lipinski definition) is 0. The predicted molar refractivity (Wildman–Crippen MR) is 109 cm³/mol. The van der Waals surface area contributed by atoms with Gasteiger partial charge in [-0.3, -0.25) is 4.18 Å². The van der Waals surface area contributed by atoms with Crippen LogP contribution in [0.4, 0.5) is 0 Å². The Hall–Kier alpha value is 1.65. The van der Waals surface area contributed by atoms with Crippen LogP contribution in [0.15, 0.2) is 35.2 Å². The predicted octanol–water partition coefficient (Wildman–Crippen LogP) is 3.48. The summed E-state index contributed by atoms with van der Waals surface area (Å²) in [4.78, 5) is 0.238. The van der Waals surface area contributed by atoms with Crippen LogP contribution in [0.25, 0.3) is 0 Å². The molecule has 0 aliphatic heterocycles. The molecular weight excluding hydrogens is 376 g/mol. The van der Waals surface area contributed by atoms with Gasteiger partial charge in [0.2, 0.25) is 0 Å². The Kier molecular flexibility index (Phi) is 20.9. The van der Waals surface area contributed by atoms with Crippen LogP contribution in [0.2, 0.25) is 0 Å². The van der Waals surface area contributed by atoms with Gasteiger partial charge in [-0.2, -0.15) is 8.42 Å². The van der Waals surface area contributed by atoms with Gasteiger partial charge in [-0.25, -0.2) is 0 Å². The summed E-state index contributed by atoms with van der Waals surface area (Å²) in [5.74, 6) is 0. The van der Waals surface area contributed by atoms with Crippen molar-refractivity contribution in [2.24, 2.45) is 0 Å². The monoisotopic (exact) mass is 410 g/mol. The second-order valence-electron chi connectivity index (χ2n) is 5.77. The molecule has 0 aromatic heterocycles. The molecule has 0 aliphatic rings. The molecule has 0 unspecified atom stereocenters. The molecule has 0 bridgehead atoms. The van der Waals surface area contributed by atoms with Gasteiger partial charge in [0, 0.05) is 0 Å². The van der Waals surface area contributed by atoms with E-state index in [-0.39, 0.29) is 87.0 Å². The van der Waals surface area contributed by atoms with Crippen molar-refractivity contribution in [1.29, 1.82) is 0 Å².